The lowest BCUT2D eigenvalue weighted by atomic mass is 10.1. The number of thiazole rings is 1. The van der Waals surface area contributed by atoms with Gasteiger partial charge in [-0.05, 0) is 63.1 Å². The summed E-state index contributed by atoms with van der Waals surface area (Å²) in [5.41, 5.74) is 5.16. The molecule has 0 N–H and O–H groups in total. The third kappa shape index (κ3) is 4.53. The van der Waals surface area contributed by atoms with Gasteiger partial charge in [-0.1, -0.05) is 12.1 Å². The Bertz CT molecular complexity index is 1210. The summed E-state index contributed by atoms with van der Waals surface area (Å²) < 4.78 is 34.6. The van der Waals surface area contributed by atoms with Gasteiger partial charge in [0.25, 0.3) is 0 Å². The van der Waals surface area contributed by atoms with E-state index >= 15 is 0 Å². The van der Waals surface area contributed by atoms with Crippen molar-refractivity contribution >= 4 is 27.0 Å². The number of ether oxygens (including phenoxy) is 1. The van der Waals surface area contributed by atoms with E-state index in [1.54, 1.807) is 27.8 Å². The number of piperazine rings is 1. The van der Waals surface area contributed by atoms with Crippen LogP contribution in [0.3, 0.4) is 0 Å². The number of aryl methyl sites for hydroxylation is 3. The molecule has 0 aliphatic carbocycles. The Kier molecular flexibility index (Phi) is 6.55. The van der Waals surface area contributed by atoms with Crippen LogP contribution in [0.4, 0.5) is 5.69 Å². The highest BCUT2D eigenvalue weighted by atomic mass is 32.2. The number of anilines is 1. The summed E-state index contributed by atoms with van der Waals surface area (Å²) in [4.78, 5) is 6.99. The topological polar surface area (TPSA) is 62.7 Å². The quantitative estimate of drug-likeness (QED) is 0.524. The highest BCUT2D eigenvalue weighted by molar-refractivity contribution is 7.89. The minimum Gasteiger partial charge on any atom is -0.492 e. The third-order valence-corrected chi connectivity index (χ3v) is 8.41. The molecular formula is C24H29N3O3S2. The van der Waals surface area contributed by atoms with Crippen LogP contribution in [-0.2, 0) is 10.0 Å². The lowest BCUT2D eigenvalue weighted by Crippen LogP contribution is -2.48. The number of hydrogen-bond donors (Lipinski definition) is 0. The van der Waals surface area contributed by atoms with Crippen LogP contribution in [0.15, 0.2) is 46.7 Å². The third-order valence-electron chi connectivity index (χ3n) is 5.72. The largest absolute Gasteiger partial charge is 0.492 e. The zero-order valence-electron chi connectivity index (χ0n) is 19.0. The number of rotatable bonds is 6. The van der Waals surface area contributed by atoms with Gasteiger partial charge in [0.2, 0.25) is 10.0 Å². The first-order valence-electron chi connectivity index (χ1n) is 10.8. The van der Waals surface area contributed by atoms with Gasteiger partial charge >= 0.3 is 0 Å². The molecule has 3 aromatic rings. The van der Waals surface area contributed by atoms with Crippen LogP contribution in [0.25, 0.3) is 11.3 Å². The summed E-state index contributed by atoms with van der Waals surface area (Å²) in [6.45, 7) is 10.5. The second kappa shape index (κ2) is 9.21. The molecule has 0 saturated carbocycles. The van der Waals surface area contributed by atoms with Gasteiger partial charge in [-0.25, -0.2) is 13.4 Å². The average Bonchev–Trinajstić information content (AvgIpc) is 3.22. The Morgan fingerprint density at radius 1 is 1.03 bits per heavy atom. The van der Waals surface area contributed by atoms with Crippen LogP contribution >= 0.6 is 11.3 Å². The maximum Gasteiger partial charge on any atom is 0.246 e. The summed E-state index contributed by atoms with van der Waals surface area (Å²) >= 11 is 1.55. The predicted molar refractivity (Wildman–Crippen MR) is 130 cm³/mol. The molecule has 8 heteroatoms. The number of benzene rings is 2. The Morgan fingerprint density at radius 3 is 2.44 bits per heavy atom. The fourth-order valence-corrected chi connectivity index (χ4v) is 6.21. The van der Waals surface area contributed by atoms with Crippen LogP contribution in [0.5, 0.6) is 5.75 Å². The van der Waals surface area contributed by atoms with Gasteiger partial charge < -0.3 is 9.64 Å². The molecule has 0 atom stereocenters. The van der Waals surface area contributed by atoms with E-state index in [9.17, 15) is 8.42 Å². The summed E-state index contributed by atoms with van der Waals surface area (Å²) in [5, 5.41) is 2.89. The Labute approximate surface area is 194 Å². The van der Waals surface area contributed by atoms with Crippen molar-refractivity contribution in [2.75, 3.05) is 37.7 Å². The molecule has 0 spiro atoms. The molecule has 1 aliphatic rings. The Morgan fingerprint density at radius 2 is 1.78 bits per heavy atom. The molecule has 0 unspecified atom stereocenters. The molecule has 32 heavy (non-hydrogen) atoms. The van der Waals surface area contributed by atoms with E-state index in [-0.39, 0.29) is 4.90 Å². The standard InChI is InChI=1S/C24H29N3O3S2/c1-5-30-23-9-8-20(21-16-31-19(4)25-21)15-24(23)32(28,29)27-12-10-26(11-13-27)22-14-17(2)6-7-18(22)3/h6-9,14-16H,5,10-13H2,1-4H3. The maximum absolute atomic E-state index is 13.6. The molecule has 0 amide bonds. The van der Waals surface area contributed by atoms with E-state index in [0.717, 1.165) is 16.3 Å². The summed E-state index contributed by atoms with van der Waals surface area (Å²) in [7, 11) is -3.71. The Balaban J connectivity index is 1.61. The van der Waals surface area contributed by atoms with Crippen molar-refractivity contribution in [1.82, 2.24) is 9.29 Å². The maximum atomic E-state index is 13.6. The SMILES string of the molecule is CCOc1ccc(-c2csc(C)n2)cc1S(=O)(=O)N1CCN(c2cc(C)ccc2C)CC1. The zero-order valence-corrected chi connectivity index (χ0v) is 20.6. The first kappa shape index (κ1) is 22.8. The van der Waals surface area contributed by atoms with E-state index < -0.39 is 10.0 Å². The number of nitrogens with zero attached hydrogens (tertiary/aromatic N) is 3. The lowest BCUT2D eigenvalue weighted by Gasteiger charge is -2.36. The van der Waals surface area contributed by atoms with Gasteiger partial charge in [-0.15, -0.1) is 11.3 Å². The summed E-state index contributed by atoms with van der Waals surface area (Å²) in [5.74, 6) is 0.389. The molecule has 1 aromatic heterocycles. The van der Waals surface area contributed by atoms with Crippen molar-refractivity contribution < 1.29 is 13.2 Å². The molecule has 0 bridgehead atoms. The molecule has 2 aromatic carbocycles. The normalized spacial score (nSPS) is 15.2. The van der Waals surface area contributed by atoms with E-state index in [2.05, 4.69) is 41.9 Å². The van der Waals surface area contributed by atoms with Crippen molar-refractivity contribution in [1.29, 1.82) is 0 Å². The van der Waals surface area contributed by atoms with Gasteiger partial charge in [-0.3, -0.25) is 0 Å². The van der Waals surface area contributed by atoms with Crippen molar-refractivity contribution in [2.24, 2.45) is 0 Å². The molecule has 0 radical (unpaired) electrons. The number of sulfonamides is 1. The van der Waals surface area contributed by atoms with Gasteiger partial charge in [-0.2, -0.15) is 4.31 Å². The van der Waals surface area contributed by atoms with Crippen molar-refractivity contribution in [2.45, 2.75) is 32.6 Å². The molecular weight excluding hydrogens is 442 g/mol. The fraction of sp³-hybridized carbons (Fsp3) is 0.375. The molecule has 4 rings (SSSR count). The van der Waals surface area contributed by atoms with Gasteiger partial charge in [0.15, 0.2) is 0 Å². The molecule has 6 nitrogen and oxygen atoms in total. The van der Waals surface area contributed by atoms with E-state index in [1.807, 2.05) is 25.3 Å². The van der Waals surface area contributed by atoms with E-state index in [1.165, 1.54) is 16.8 Å². The molecule has 1 aliphatic heterocycles. The first-order chi connectivity index (χ1) is 15.3. The second-order valence-electron chi connectivity index (χ2n) is 8.03. The van der Waals surface area contributed by atoms with Crippen LogP contribution < -0.4 is 9.64 Å². The predicted octanol–water partition coefficient (Wildman–Crippen LogP) is 4.64. The van der Waals surface area contributed by atoms with E-state index in [4.69, 9.17) is 4.74 Å². The van der Waals surface area contributed by atoms with Crippen LogP contribution in [0, 0.1) is 20.8 Å². The van der Waals surface area contributed by atoms with Crippen molar-refractivity contribution in [3.05, 3.63) is 57.9 Å². The fourth-order valence-electron chi connectivity index (χ4n) is 4.01. The minimum absolute atomic E-state index is 0.211. The summed E-state index contributed by atoms with van der Waals surface area (Å²) in [6.07, 6.45) is 0. The van der Waals surface area contributed by atoms with Crippen molar-refractivity contribution in [3.63, 3.8) is 0 Å². The highest BCUT2D eigenvalue weighted by Gasteiger charge is 2.32. The van der Waals surface area contributed by atoms with Gasteiger partial charge in [0.05, 0.1) is 17.3 Å². The Hall–Kier alpha value is -2.42. The minimum atomic E-state index is -3.71. The monoisotopic (exact) mass is 471 g/mol. The smallest absolute Gasteiger partial charge is 0.246 e. The average molecular weight is 472 g/mol. The van der Waals surface area contributed by atoms with E-state index in [0.29, 0.717) is 38.5 Å². The van der Waals surface area contributed by atoms with Gasteiger partial charge in [0, 0.05) is 42.8 Å². The van der Waals surface area contributed by atoms with Crippen LogP contribution in [0.1, 0.15) is 23.1 Å². The summed E-state index contributed by atoms with van der Waals surface area (Å²) in [6, 6.07) is 11.7. The molecule has 1 saturated heterocycles. The van der Waals surface area contributed by atoms with Crippen LogP contribution in [-0.4, -0.2) is 50.5 Å². The second-order valence-corrected chi connectivity index (χ2v) is 11.0. The first-order valence-corrected chi connectivity index (χ1v) is 13.1. The van der Waals surface area contributed by atoms with Crippen molar-refractivity contribution in [3.8, 4) is 17.0 Å². The number of hydrogen-bond acceptors (Lipinski definition) is 6. The molecule has 1 fully saturated rings. The molecule has 2 heterocycles. The molecule has 170 valence electrons. The van der Waals surface area contributed by atoms with Gasteiger partial charge in [0.1, 0.15) is 10.6 Å². The zero-order chi connectivity index (χ0) is 22.9. The lowest BCUT2D eigenvalue weighted by molar-refractivity contribution is 0.327. The highest BCUT2D eigenvalue weighted by Crippen LogP contribution is 2.33. The number of aromatic nitrogens is 1. The van der Waals surface area contributed by atoms with Crippen LogP contribution in [0.2, 0.25) is 0 Å².